The highest BCUT2D eigenvalue weighted by molar-refractivity contribution is 6.30. The van der Waals surface area contributed by atoms with Crippen molar-refractivity contribution in [3.63, 3.8) is 0 Å². The van der Waals surface area contributed by atoms with E-state index in [9.17, 15) is 4.79 Å². The molecule has 1 amide bonds. The number of carbonyl (C=O) groups is 1. The molecule has 1 saturated heterocycles. The fourth-order valence-corrected chi connectivity index (χ4v) is 4.15. The molecule has 1 aliphatic heterocycles. The van der Waals surface area contributed by atoms with E-state index in [1.165, 1.54) is 5.69 Å². The predicted octanol–water partition coefficient (Wildman–Crippen LogP) is 4.73. The molecule has 1 atom stereocenters. The number of benzene rings is 1. The second-order valence-corrected chi connectivity index (χ2v) is 8.13. The molecule has 0 saturated carbocycles. The van der Waals surface area contributed by atoms with Gasteiger partial charge in [-0.1, -0.05) is 11.6 Å². The average Bonchev–Trinajstić information content (AvgIpc) is 3.44. The molecule has 3 aromatic rings. The number of likely N-dealkylation sites (N-methyl/N-ethyl adjacent to an activating group) is 1. The number of furan rings is 1. The molecule has 6 heteroatoms. The summed E-state index contributed by atoms with van der Waals surface area (Å²) in [5, 5.41) is 0.696. The zero-order chi connectivity index (χ0) is 20.4. The van der Waals surface area contributed by atoms with E-state index < -0.39 is 0 Å². The summed E-state index contributed by atoms with van der Waals surface area (Å²) in [5.41, 5.74) is 2.24. The number of aromatic nitrogens is 1. The molecule has 1 fully saturated rings. The molecule has 0 bridgehead atoms. The second kappa shape index (κ2) is 8.47. The maximum Gasteiger partial charge on any atom is 0.236 e. The van der Waals surface area contributed by atoms with Gasteiger partial charge in [-0.25, -0.2) is 0 Å². The Morgan fingerprint density at radius 3 is 2.72 bits per heavy atom. The Labute approximate surface area is 176 Å². The molecule has 2 aromatic heterocycles. The minimum atomic E-state index is 0.107. The van der Waals surface area contributed by atoms with Crippen molar-refractivity contribution in [2.45, 2.75) is 25.4 Å². The maximum absolute atomic E-state index is 12.8. The molecule has 0 radical (unpaired) electrons. The van der Waals surface area contributed by atoms with Crippen molar-refractivity contribution in [2.75, 3.05) is 20.1 Å². The molecule has 1 unspecified atom stereocenters. The number of aryl methyl sites for hydroxylation is 1. The molecule has 0 spiro atoms. The third-order valence-electron chi connectivity index (χ3n) is 5.64. The summed E-state index contributed by atoms with van der Waals surface area (Å²) in [6, 6.07) is 15.9. The molecule has 29 heavy (non-hydrogen) atoms. The molecule has 0 N–H and O–H groups in total. The van der Waals surface area contributed by atoms with Crippen molar-refractivity contribution >= 4 is 17.5 Å². The average molecular weight is 412 g/mol. The van der Waals surface area contributed by atoms with Crippen LogP contribution in [0, 0.1) is 0 Å². The highest BCUT2D eigenvalue weighted by Gasteiger charge is 2.29. The van der Waals surface area contributed by atoms with Gasteiger partial charge in [-0.2, -0.15) is 0 Å². The van der Waals surface area contributed by atoms with Gasteiger partial charge in [0, 0.05) is 36.6 Å². The van der Waals surface area contributed by atoms with Gasteiger partial charge in [0.25, 0.3) is 0 Å². The van der Waals surface area contributed by atoms with Crippen molar-refractivity contribution in [1.82, 2.24) is 14.4 Å². The highest BCUT2D eigenvalue weighted by atomic mass is 35.5. The van der Waals surface area contributed by atoms with Gasteiger partial charge in [-0.3, -0.25) is 9.69 Å². The summed E-state index contributed by atoms with van der Waals surface area (Å²) >= 11 is 5.95. The first-order valence-corrected chi connectivity index (χ1v) is 10.3. The van der Waals surface area contributed by atoms with Crippen molar-refractivity contribution < 1.29 is 9.21 Å². The molecular weight excluding hydrogens is 386 g/mol. The lowest BCUT2D eigenvalue weighted by Crippen LogP contribution is -2.38. The van der Waals surface area contributed by atoms with E-state index in [1.807, 2.05) is 43.4 Å². The number of hydrogen-bond acceptors (Lipinski definition) is 3. The van der Waals surface area contributed by atoms with E-state index in [0.717, 1.165) is 36.5 Å². The summed E-state index contributed by atoms with van der Waals surface area (Å²) < 4.78 is 8.09. The first kappa shape index (κ1) is 19.8. The Morgan fingerprint density at radius 1 is 1.21 bits per heavy atom. The first-order valence-electron chi connectivity index (χ1n) is 9.95. The summed E-state index contributed by atoms with van der Waals surface area (Å²) in [4.78, 5) is 16.9. The van der Waals surface area contributed by atoms with Crippen molar-refractivity contribution in [1.29, 1.82) is 0 Å². The third-order valence-corrected chi connectivity index (χ3v) is 5.89. The molecular formula is C23H26ClN3O2. The summed E-state index contributed by atoms with van der Waals surface area (Å²) in [6.45, 7) is 1.84. The number of rotatable bonds is 6. The minimum Gasteiger partial charge on any atom is -0.459 e. The number of carbonyl (C=O) groups excluding carboxylic acids is 1. The largest absolute Gasteiger partial charge is 0.459 e. The fourth-order valence-electron chi connectivity index (χ4n) is 4.02. The molecule has 1 aromatic carbocycles. The van der Waals surface area contributed by atoms with Gasteiger partial charge in [-0.05, 0) is 67.9 Å². The monoisotopic (exact) mass is 411 g/mol. The third kappa shape index (κ3) is 4.41. The Kier molecular flexibility index (Phi) is 5.79. The Morgan fingerprint density at radius 2 is 2.00 bits per heavy atom. The van der Waals surface area contributed by atoms with Crippen LogP contribution < -0.4 is 0 Å². The standard InChI is InChI=1S/C23H26ClN3O2/c1-25-13-3-5-20(25)21-6-4-14-27(21)16-23(28)26(2)15-19-11-12-22(29-19)17-7-9-18(24)10-8-17/h3,5,7-13,21H,4,6,14-16H2,1-2H3. The van der Waals surface area contributed by atoms with E-state index in [2.05, 4.69) is 34.8 Å². The van der Waals surface area contributed by atoms with Gasteiger partial charge in [0.1, 0.15) is 11.5 Å². The van der Waals surface area contributed by atoms with Crippen molar-refractivity contribution in [3.05, 3.63) is 71.2 Å². The van der Waals surface area contributed by atoms with Crippen LogP contribution >= 0.6 is 11.6 Å². The van der Waals surface area contributed by atoms with Crippen LogP contribution in [-0.2, 0) is 18.4 Å². The SMILES string of the molecule is CN(Cc1ccc(-c2ccc(Cl)cc2)o1)C(=O)CN1CCCC1c1cccn1C. The molecule has 1 aliphatic rings. The van der Waals surface area contributed by atoms with Crippen LogP contribution in [-0.4, -0.2) is 40.4 Å². The summed E-state index contributed by atoms with van der Waals surface area (Å²) in [7, 11) is 3.90. The van der Waals surface area contributed by atoms with Crippen LogP contribution in [0.1, 0.15) is 30.3 Å². The summed E-state index contributed by atoms with van der Waals surface area (Å²) in [6.07, 6.45) is 4.28. The van der Waals surface area contributed by atoms with Gasteiger partial charge >= 0.3 is 0 Å². The second-order valence-electron chi connectivity index (χ2n) is 7.70. The van der Waals surface area contributed by atoms with E-state index >= 15 is 0 Å². The lowest BCUT2D eigenvalue weighted by atomic mass is 10.1. The predicted molar refractivity (Wildman–Crippen MR) is 115 cm³/mol. The fraction of sp³-hybridized carbons (Fsp3) is 0.348. The number of amides is 1. The number of halogens is 1. The molecule has 0 aliphatic carbocycles. The van der Waals surface area contributed by atoms with Crippen LogP contribution in [0.3, 0.4) is 0 Å². The lowest BCUT2D eigenvalue weighted by Gasteiger charge is -2.26. The summed E-state index contributed by atoms with van der Waals surface area (Å²) in [5.74, 6) is 1.66. The Bertz CT molecular complexity index is 976. The zero-order valence-electron chi connectivity index (χ0n) is 16.8. The van der Waals surface area contributed by atoms with Crippen LogP contribution in [0.25, 0.3) is 11.3 Å². The number of nitrogens with zero attached hydrogens (tertiary/aromatic N) is 3. The number of hydrogen-bond donors (Lipinski definition) is 0. The van der Waals surface area contributed by atoms with Gasteiger partial charge in [0.05, 0.1) is 19.1 Å². The van der Waals surface area contributed by atoms with Gasteiger partial charge < -0.3 is 13.9 Å². The van der Waals surface area contributed by atoms with Crippen molar-refractivity contribution in [2.24, 2.45) is 7.05 Å². The number of likely N-dealkylation sites (tertiary alicyclic amines) is 1. The smallest absolute Gasteiger partial charge is 0.236 e. The molecule has 3 heterocycles. The Hall–Kier alpha value is -2.50. The van der Waals surface area contributed by atoms with Crippen LogP contribution in [0.15, 0.2) is 59.1 Å². The lowest BCUT2D eigenvalue weighted by molar-refractivity contribution is -0.132. The van der Waals surface area contributed by atoms with E-state index in [-0.39, 0.29) is 5.91 Å². The van der Waals surface area contributed by atoms with Crippen molar-refractivity contribution in [3.8, 4) is 11.3 Å². The van der Waals surface area contributed by atoms with E-state index in [0.29, 0.717) is 24.2 Å². The highest BCUT2D eigenvalue weighted by Crippen LogP contribution is 2.31. The van der Waals surface area contributed by atoms with Gasteiger partial charge in [0.2, 0.25) is 5.91 Å². The van der Waals surface area contributed by atoms with Gasteiger partial charge in [0.15, 0.2) is 0 Å². The van der Waals surface area contributed by atoms with Crippen LogP contribution in [0.5, 0.6) is 0 Å². The topological polar surface area (TPSA) is 41.6 Å². The van der Waals surface area contributed by atoms with E-state index in [1.54, 1.807) is 4.90 Å². The normalized spacial score (nSPS) is 17.0. The maximum atomic E-state index is 12.8. The zero-order valence-corrected chi connectivity index (χ0v) is 17.6. The minimum absolute atomic E-state index is 0.107. The van der Waals surface area contributed by atoms with Gasteiger partial charge in [-0.15, -0.1) is 0 Å². The molecule has 4 rings (SSSR count). The quantitative estimate of drug-likeness (QED) is 0.588. The molecule has 152 valence electrons. The molecule has 5 nitrogen and oxygen atoms in total. The Balaban J connectivity index is 1.37. The first-order chi connectivity index (χ1) is 14.0. The van der Waals surface area contributed by atoms with Crippen LogP contribution in [0.4, 0.5) is 0 Å². The van der Waals surface area contributed by atoms with Crippen LogP contribution in [0.2, 0.25) is 5.02 Å². The van der Waals surface area contributed by atoms with E-state index in [4.69, 9.17) is 16.0 Å².